The van der Waals surface area contributed by atoms with Crippen molar-refractivity contribution in [2.75, 3.05) is 13.7 Å². The number of ether oxygens (including phenoxy) is 1. The molecule has 0 aromatic rings. The Kier molecular flexibility index (Phi) is 2.21. The molecule has 1 heterocycles. The van der Waals surface area contributed by atoms with Crippen molar-refractivity contribution in [1.82, 2.24) is 5.32 Å². The minimum absolute atomic E-state index is 0.243. The molecule has 0 spiro atoms. The molecular weight excluding hydrogens is 137 g/mol. The zero-order chi connectivity index (χ0) is 7.56. The number of carbonyl (C=O) groups excluding carboxylic acids is 1. The van der Waals surface area contributed by atoms with Gasteiger partial charge in [-0.25, -0.2) is 4.39 Å². The van der Waals surface area contributed by atoms with E-state index >= 15 is 0 Å². The predicted octanol–water partition coefficient (Wildman–Crippen LogP) is -0.141. The molecule has 0 aromatic heterocycles. The summed E-state index contributed by atoms with van der Waals surface area (Å²) in [5, 5.41) is 2.71. The Morgan fingerprint density at radius 1 is 1.80 bits per heavy atom. The van der Waals surface area contributed by atoms with E-state index in [-0.39, 0.29) is 18.9 Å². The molecule has 58 valence electrons. The van der Waals surface area contributed by atoms with Gasteiger partial charge < -0.3 is 10.1 Å². The van der Waals surface area contributed by atoms with Gasteiger partial charge in [-0.3, -0.25) is 4.79 Å². The van der Waals surface area contributed by atoms with Crippen molar-refractivity contribution in [2.24, 2.45) is 0 Å². The minimum Gasteiger partial charge on any atom is -0.468 e. The van der Waals surface area contributed by atoms with Crippen LogP contribution in [0.15, 0.2) is 0 Å². The molecule has 1 N–H and O–H groups in total. The predicted molar refractivity (Wildman–Crippen MR) is 33.3 cm³/mol. The lowest BCUT2D eigenvalue weighted by Crippen LogP contribution is -2.31. The zero-order valence-electron chi connectivity index (χ0n) is 5.76. The average Bonchev–Trinajstić information content (AvgIpc) is 2.34. The van der Waals surface area contributed by atoms with Gasteiger partial charge in [-0.2, -0.15) is 0 Å². The molecule has 1 aliphatic rings. The van der Waals surface area contributed by atoms with Crippen LogP contribution in [0.3, 0.4) is 0 Å². The molecule has 2 unspecified atom stereocenters. The zero-order valence-corrected chi connectivity index (χ0v) is 5.76. The molecule has 0 aliphatic carbocycles. The van der Waals surface area contributed by atoms with Crippen molar-refractivity contribution in [1.29, 1.82) is 0 Å². The molecule has 10 heavy (non-hydrogen) atoms. The average molecular weight is 147 g/mol. The van der Waals surface area contributed by atoms with Gasteiger partial charge in [-0.1, -0.05) is 0 Å². The number of methoxy groups -OCH3 is 1. The van der Waals surface area contributed by atoms with Crippen LogP contribution in [0.4, 0.5) is 4.39 Å². The highest BCUT2D eigenvalue weighted by molar-refractivity contribution is 5.76. The standard InChI is InChI=1S/C6H10FNO2/c1-10-6(9)5-2-4(7)3-8-5/h4-5,8H,2-3H2,1H3. The third-order valence-corrected chi connectivity index (χ3v) is 1.56. The Bertz CT molecular complexity index is 140. The van der Waals surface area contributed by atoms with Gasteiger partial charge in [0.1, 0.15) is 12.2 Å². The molecule has 3 nitrogen and oxygen atoms in total. The fraction of sp³-hybridized carbons (Fsp3) is 0.833. The second kappa shape index (κ2) is 2.96. The van der Waals surface area contributed by atoms with E-state index in [0.29, 0.717) is 0 Å². The lowest BCUT2D eigenvalue weighted by atomic mass is 10.2. The van der Waals surface area contributed by atoms with E-state index in [1.807, 2.05) is 0 Å². The summed E-state index contributed by atoms with van der Waals surface area (Å²) >= 11 is 0. The van der Waals surface area contributed by atoms with Gasteiger partial charge in [0, 0.05) is 13.0 Å². The largest absolute Gasteiger partial charge is 0.468 e. The maximum Gasteiger partial charge on any atom is 0.322 e. The minimum atomic E-state index is -0.899. The number of hydrogen-bond donors (Lipinski definition) is 1. The molecule has 1 saturated heterocycles. The smallest absolute Gasteiger partial charge is 0.322 e. The van der Waals surface area contributed by atoms with Crippen molar-refractivity contribution in [3.63, 3.8) is 0 Å². The van der Waals surface area contributed by atoms with Crippen molar-refractivity contribution in [2.45, 2.75) is 18.6 Å². The second-order valence-electron chi connectivity index (χ2n) is 2.32. The maximum absolute atomic E-state index is 12.4. The normalized spacial score (nSPS) is 32.2. The van der Waals surface area contributed by atoms with Gasteiger partial charge in [-0.05, 0) is 0 Å². The Morgan fingerprint density at radius 3 is 2.90 bits per heavy atom. The van der Waals surface area contributed by atoms with Gasteiger partial charge in [0.25, 0.3) is 0 Å². The Morgan fingerprint density at radius 2 is 2.50 bits per heavy atom. The summed E-state index contributed by atoms with van der Waals surface area (Å²) in [5.74, 6) is -0.375. The number of carbonyl (C=O) groups is 1. The third kappa shape index (κ3) is 1.44. The molecule has 0 bridgehead atoms. The summed E-state index contributed by atoms with van der Waals surface area (Å²) in [6, 6.07) is -0.431. The number of esters is 1. The Balaban J connectivity index is 2.37. The van der Waals surface area contributed by atoms with Crippen molar-refractivity contribution >= 4 is 5.97 Å². The van der Waals surface area contributed by atoms with Gasteiger partial charge in [0.15, 0.2) is 0 Å². The van der Waals surface area contributed by atoms with Crippen LogP contribution in [-0.4, -0.2) is 31.8 Å². The highest BCUT2D eigenvalue weighted by atomic mass is 19.1. The van der Waals surface area contributed by atoms with Crippen LogP contribution in [0.1, 0.15) is 6.42 Å². The van der Waals surface area contributed by atoms with E-state index in [0.717, 1.165) is 0 Å². The molecule has 1 fully saturated rings. The number of rotatable bonds is 1. The highest BCUT2D eigenvalue weighted by Gasteiger charge is 2.29. The summed E-state index contributed by atoms with van der Waals surface area (Å²) in [7, 11) is 1.30. The lowest BCUT2D eigenvalue weighted by molar-refractivity contribution is -0.142. The van der Waals surface area contributed by atoms with Crippen LogP contribution in [-0.2, 0) is 9.53 Å². The molecule has 0 aromatic carbocycles. The van der Waals surface area contributed by atoms with E-state index < -0.39 is 12.2 Å². The number of nitrogens with one attached hydrogen (secondary N) is 1. The van der Waals surface area contributed by atoms with Gasteiger partial charge in [-0.15, -0.1) is 0 Å². The van der Waals surface area contributed by atoms with Crippen LogP contribution < -0.4 is 5.32 Å². The number of hydrogen-bond acceptors (Lipinski definition) is 3. The van der Waals surface area contributed by atoms with Crippen LogP contribution in [0.25, 0.3) is 0 Å². The number of halogens is 1. The van der Waals surface area contributed by atoms with Crippen molar-refractivity contribution < 1.29 is 13.9 Å². The monoisotopic (exact) mass is 147 g/mol. The van der Waals surface area contributed by atoms with Crippen LogP contribution in [0, 0.1) is 0 Å². The second-order valence-corrected chi connectivity index (χ2v) is 2.32. The fourth-order valence-electron chi connectivity index (χ4n) is 1.01. The number of alkyl halides is 1. The van der Waals surface area contributed by atoms with Gasteiger partial charge >= 0.3 is 5.97 Å². The van der Waals surface area contributed by atoms with E-state index in [2.05, 4.69) is 10.1 Å². The maximum atomic E-state index is 12.4. The van der Waals surface area contributed by atoms with E-state index in [9.17, 15) is 9.18 Å². The first-order valence-electron chi connectivity index (χ1n) is 3.19. The summed E-state index contributed by atoms with van der Waals surface area (Å²) in [6.07, 6.45) is -0.656. The summed E-state index contributed by atoms with van der Waals surface area (Å²) in [6.45, 7) is 0.264. The first-order valence-corrected chi connectivity index (χ1v) is 3.19. The van der Waals surface area contributed by atoms with Gasteiger partial charge in [0.2, 0.25) is 0 Å². The quantitative estimate of drug-likeness (QED) is 0.524. The van der Waals surface area contributed by atoms with Crippen molar-refractivity contribution in [3.05, 3.63) is 0 Å². The molecule has 0 radical (unpaired) electrons. The highest BCUT2D eigenvalue weighted by Crippen LogP contribution is 2.10. The Hall–Kier alpha value is -0.640. The van der Waals surface area contributed by atoms with E-state index in [4.69, 9.17) is 0 Å². The molecule has 2 atom stereocenters. The molecular formula is C6H10FNO2. The summed E-state index contributed by atoms with van der Waals surface area (Å²) in [5.41, 5.74) is 0. The lowest BCUT2D eigenvalue weighted by Gasteiger charge is -2.04. The third-order valence-electron chi connectivity index (χ3n) is 1.56. The van der Waals surface area contributed by atoms with E-state index in [1.54, 1.807) is 0 Å². The summed E-state index contributed by atoms with van der Waals surface area (Å²) in [4.78, 5) is 10.7. The summed E-state index contributed by atoms with van der Waals surface area (Å²) < 4.78 is 16.8. The first kappa shape index (κ1) is 7.47. The first-order chi connectivity index (χ1) is 4.74. The van der Waals surface area contributed by atoms with Crippen molar-refractivity contribution in [3.8, 4) is 0 Å². The molecule has 1 rings (SSSR count). The van der Waals surface area contributed by atoms with E-state index in [1.165, 1.54) is 7.11 Å². The van der Waals surface area contributed by atoms with Crippen LogP contribution in [0.2, 0.25) is 0 Å². The molecule has 0 amide bonds. The van der Waals surface area contributed by atoms with Crippen LogP contribution >= 0.6 is 0 Å². The molecule has 0 saturated carbocycles. The molecule has 1 aliphatic heterocycles. The fourth-order valence-corrected chi connectivity index (χ4v) is 1.01. The Labute approximate surface area is 58.5 Å². The van der Waals surface area contributed by atoms with Gasteiger partial charge in [0.05, 0.1) is 7.11 Å². The van der Waals surface area contributed by atoms with Crippen LogP contribution in [0.5, 0.6) is 0 Å². The topological polar surface area (TPSA) is 38.3 Å². The molecule has 4 heteroatoms. The SMILES string of the molecule is COC(=O)C1CC(F)CN1.